The first-order chi connectivity index (χ1) is 9.42. The summed E-state index contributed by atoms with van der Waals surface area (Å²) in [5, 5.41) is 11.7. The lowest BCUT2D eigenvalue weighted by atomic mass is 9.96. The van der Waals surface area contributed by atoms with Crippen LogP contribution < -0.4 is 5.32 Å². The Balaban J connectivity index is 1.50. The molecule has 1 N–H and O–H groups in total. The quantitative estimate of drug-likeness (QED) is 0.892. The molecule has 6 heteroatoms. The van der Waals surface area contributed by atoms with E-state index in [1.54, 1.807) is 0 Å². The van der Waals surface area contributed by atoms with E-state index in [0.29, 0.717) is 18.4 Å². The van der Waals surface area contributed by atoms with Crippen molar-refractivity contribution in [1.29, 1.82) is 0 Å². The second-order valence-corrected chi connectivity index (χ2v) is 5.03. The molecule has 2 aromatic rings. The summed E-state index contributed by atoms with van der Waals surface area (Å²) in [6.07, 6.45) is 9.99. The van der Waals surface area contributed by atoms with E-state index < -0.39 is 0 Å². The lowest BCUT2D eigenvalue weighted by molar-refractivity contribution is 0.327. The molecule has 0 aliphatic heterocycles. The maximum absolute atomic E-state index is 4.68. The van der Waals surface area contributed by atoms with Crippen molar-refractivity contribution in [3.63, 3.8) is 0 Å². The van der Waals surface area contributed by atoms with Gasteiger partial charge in [-0.25, -0.2) is 0 Å². The third-order valence-corrected chi connectivity index (χ3v) is 3.61. The molecule has 19 heavy (non-hydrogen) atoms. The molecule has 0 atom stereocenters. The van der Waals surface area contributed by atoms with Crippen LogP contribution >= 0.6 is 0 Å². The zero-order chi connectivity index (χ0) is 12.9. The Labute approximate surface area is 112 Å². The molecule has 0 spiro atoms. The van der Waals surface area contributed by atoms with E-state index in [2.05, 4.69) is 42.0 Å². The molecule has 6 nitrogen and oxygen atoms in total. The van der Waals surface area contributed by atoms with Crippen LogP contribution in [0.5, 0.6) is 0 Å². The van der Waals surface area contributed by atoms with Gasteiger partial charge in [0.25, 0.3) is 0 Å². The van der Waals surface area contributed by atoms with Gasteiger partial charge in [-0.1, -0.05) is 24.4 Å². The maximum atomic E-state index is 4.68. The first-order valence-corrected chi connectivity index (χ1v) is 6.92. The smallest absolute Gasteiger partial charge is 0.213 e. The molecule has 1 aliphatic carbocycles. The molecule has 102 valence electrons. The van der Waals surface area contributed by atoms with Crippen LogP contribution in [0, 0.1) is 0 Å². The third-order valence-electron chi connectivity index (χ3n) is 3.61. The Bertz CT molecular complexity index is 487. The second-order valence-electron chi connectivity index (χ2n) is 5.03. The highest BCUT2D eigenvalue weighted by molar-refractivity contribution is 5.00. The second kappa shape index (κ2) is 5.97. The van der Waals surface area contributed by atoms with Gasteiger partial charge in [0.05, 0.1) is 18.3 Å². The summed E-state index contributed by atoms with van der Waals surface area (Å²) in [5.41, 5.74) is 1.06. The van der Waals surface area contributed by atoms with Gasteiger partial charge in [-0.05, 0) is 18.9 Å². The molecule has 1 aliphatic rings. The van der Waals surface area contributed by atoms with Crippen LogP contribution in [0.25, 0.3) is 0 Å². The van der Waals surface area contributed by atoms with Crippen molar-refractivity contribution in [2.75, 3.05) is 0 Å². The van der Waals surface area contributed by atoms with Gasteiger partial charge in [0.1, 0.15) is 0 Å². The molecule has 0 bridgehead atoms. The van der Waals surface area contributed by atoms with Crippen LogP contribution in [0.1, 0.15) is 49.7 Å². The predicted octanol–water partition coefficient (Wildman–Crippen LogP) is 2.06. The summed E-state index contributed by atoms with van der Waals surface area (Å²) >= 11 is 0. The fraction of sp³-hybridized carbons (Fsp3) is 0.615. The highest BCUT2D eigenvalue weighted by atomic mass is 16.5. The summed E-state index contributed by atoms with van der Waals surface area (Å²) in [6.45, 7) is 1.33. The van der Waals surface area contributed by atoms with Gasteiger partial charge in [-0.3, -0.25) is 4.68 Å². The Hall–Kier alpha value is -1.69. The van der Waals surface area contributed by atoms with Crippen LogP contribution in [0.3, 0.4) is 0 Å². The lowest BCUT2D eigenvalue weighted by Gasteiger charge is -2.21. The van der Waals surface area contributed by atoms with E-state index in [9.17, 15) is 0 Å². The summed E-state index contributed by atoms with van der Waals surface area (Å²) in [4.78, 5) is 3.96. The molecule has 0 aromatic carbocycles. The van der Waals surface area contributed by atoms with Crippen LogP contribution in [-0.4, -0.2) is 19.9 Å². The van der Waals surface area contributed by atoms with Crippen LogP contribution in [0.15, 0.2) is 23.2 Å². The average molecular weight is 261 g/mol. The first-order valence-electron chi connectivity index (χ1n) is 6.92. The predicted molar refractivity (Wildman–Crippen MR) is 69.2 cm³/mol. The Kier molecular flexibility index (Phi) is 3.88. The summed E-state index contributed by atoms with van der Waals surface area (Å²) in [7, 11) is 0. The van der Waals surface area contributed by atoms with Gasteiger partial charge in [0, 0.05) is 12.7 Å². The van der Waals surface area contributed by atoms with Gasteiger partial charge in [0.15, 0.2) is 5.82 Å². The van der Waals surface area contributed by atoms with Crippen molar-refractivity contribution < 1.29 is 4.52 Å². The van der Waals surface area contributed by atoms with Gasteiger partial charge < -0.3 is 9.84 Å². The molecule has 0 saturated heterocycles. The molecular formula is C13H19N5O. The monoisotopic (exact) mass is 261 g/mol. The van der Waals surface area contributed by atoms with E-state index in [0.717, 1.165) is 12.2 Å². The minimum atomic E-state index is 0.597. The largest absolute Gasteiger partial charge is 0.343 e. The molecule has 3 rings (SSSR count). The zero-order valence-electron chi connectivity index (χ0n) is 11.0. The Morgan fingerprint density at radius 3 is 2.95 bits per heavy atom. The minimum Gasteiger partial charge on any atom is -0.343 e. The van der Waals surface area contributed by atoms with Crippen molar-refractivity contribution >= 4 is 0 Å². The van der Waals surface area contributed by atoms with E-state index in [1.807, 2.05) is 0 Å². The van der Waals surface area contributed by atoms with Gasteiger partial charge in [0.2, 0.25) is 6.39 Å². The van der Waals surface area contributed by atoms with Crippen molar-refractivity contribution in [3.8, 4) is 0 Å². The third kappa shape index (κ3) is 3.20. The zero-order valence-corrected chi connectivity index (χ0v) is 11.0. The Morgan fingerprint density at radius 1 is 1.26 bits per heavy atom. The number of aromatic nitrogens is 4. The minimum absolute atomic E-state index is 0.597. The van der Waals surface area contributed by atoms with Gasteiger partial charge in [-0.2, -0.15) is 10.1 Å². The summed E-state index contributed by atoms with van der Waals surface area (Å²) in [5.74, 6) is 0.673. The fourth-order valence-corrected chi connectivity index (χ4v) is 2.59. The average Bonchev–Trinajstić information content (AvgIpc) is 3.11. The molecule has 0 radical (unpaired) electrons. The number of nitrogens with zero attached hydrogens (tertiary/aromatic N) is 4. The summed E-state index contributed by atoms with van der Waals surface area (Å²) < 4.78 is 6.81. The molecular weight excluding hydrogens is 242 g/mol. The molecule has 1 saturated carbocycles. The van der Waals surface area contributed by atoms with E-state index in [1.165, 1.54) is 38.5 Å². The number of rotatable bonds is 5. The van der Waals surface area contributed by atoms with Gasteiger partial charge in [-0.15, -0.1) is 0 Å². The van der Waals surface area contributed by atoms with Crippen molar-refractivity contribution in [2.24, 2.45) is 0 Å². The molecule has 0 unspecified atom stereocenters. The van der Waals surface area contributed by atoms with E-state index in [4.69, 9.17) is 0 Å². The van der Waals surface area contributed by atoms with Crippen LogP contribution in [-0.2, 0) is 13.1 Å². The number of nitrogens with one attached hydrogen (secondary N) is 1. The van der Waals surface area contributed by atoms with Crippen LogP contribution in [0.2, 0.25) is 0 Å². The maximum Gasteiger partial charge on any atom is 0.213 e. The topological polar surface area (TPSA) is 68.8 Å². The van der Waals surface area contributed by atoms with E-state index in [-0.39, 0.29) is 0 Å². The number of hydrogen-bond acceptors (Lipinski definition) is 5. The molecule has 1 fully saturated rings. The van der Waals surface area contributed by atoms with Gasteiger partial charge >= 0.3 is 0 Å². The molecule has 0 amide bonds. The standard InChI is InChI=1S/C13H19N5O/c1-2-4-12(5-3-1)18-7-6-11(16-18)8-14-9-13-15-10-19-17-13/h6-7,10,12,14H,1-5,8-9H2. The number of hydrogen-bond donors (Lipinski definition) is 1. The van der Waals surface area contributed by atoms with Crippen molar-refractivity contribution in [2.45, 2.75) is 51.2 Å². The first kappa shape index (κ1) is 12.3. The van der Waals surface area contributed by atoms with Crippen molar-refractivity contribution in [3.05, 3.63) is 30.2 Å². The van der Waals surface area contributed by atoms with Crippen LogP contribution in [0.4, 0.5) is 0 Å². The van der Waals surface area contributed by atoms with Crippen molar-refractivity contribution in [1.82, 2.24) is 25.2 Å². The Morgan fingerprint density at radius 2 is 2.16 bits per heavy atom. The highest BCUT2D eigenvalue weighted by Crippen LogP contribution is 2.27. The lowest BCUT2D eigenvalue weighted by Crippen LogP contribution is -2.16. The normalized spacial score (nSPS) is 16.8. The highest BCUT2D eigenvalue weighted by Gasteiger charge is 2.15. The molecule has 2 heterocycles. The fourth-order valence-electron chi connectivity index (χ4n) is 2.59. The summed E-state index contributed by atoms with van der Waals surface area (Å²) in [6, 6.07) is 2.68. The molecule has 2 aromatic heterocycles. The van der Waals surface area contributed by atoms with E-state index >= 15 is 0 Å². The SMILES string of the molecule is c1nc(CNCc2ccn(C3CCCCC3)n2)no1.